The summed E-state index contributed by atoms with van der Waals surface area (Å²) in [6.07, 6.45) is -0.464. The Morgan fingerprint density at radius 2 is 1.88 bits per heavy atom. The van der Waals surface area contributed by atoms with E-state index in [9.17, 15) is 4.79 Å². The molecule has 0 aliphatic heterocycles. The smallest absolute Gasteiger partial charge is 0.412 e. The number of aryl methyl sites for hydroxylation is 1. The zero-order valence-electron chi connectivity index (χ0n) is 11.0. The molecule has 0 fully saturated rings. The Bertz CT molecular complexity index is 434. The number of ether oxygens (including phenoxy) is 1. The van der Waals surface area contributed by atoms with Gasteiger partial charge in [0, 0.05) is 5.69 Å². The Morgan fingerprint density at radius 1 is 1.29 bits per heavy atom. The van der Waals surface area contributed by atoms with Crippen LogP contribution in [0, 0.1) is 13.8 Å². The minimum Gasteiger partial charge on any atom is -0.444 e. The number of hydrogen-bond donors (Lipinski definition) is 2. The first-order valence-electron chi connectivity index (χ1n) is 5.56. The third-order valence-corrected chi connectivity index (χ3v) is 2.34. The summed E-state index contributed by atoms with van der Waals surface area (Å²) in [7, 11) is 0. The summed E-state index contributed by atoms with van der Waals surface area (Å²) in [4.78, 5) is 11.7. The number of amides is 1. The second kappa shape index (κ2) is 4.65. The van der Waals surface area contributed by atoms with Crippen molar-refractivity contribution in [1.82, 2.24) is 0 Å². The monoisotopic (exact) mass is 236 g/mol. The Hall–Kier alpha value is -1.71. The van der Waals surface area contributed by atoms with Crippen molar-refractivity contribution in [3.05, 3.63) is 23.3 Å². The second-order valence-electron chi connectivity index (χ2n) is 5.10. The van der Waals surface area contributed by atoms with Crippen molar-refractivity contribution in [2.75, 3.05) is 11.1 Å². The molecule has 0 atom stereocenters. The summed E-state index contributed by atoms with van der Waals surface area (Å²) in [5, 5.41) is 2.73. The molecule has 0 radical (unpaired) electrons. The Labute approximate surface area is 102 Å². The minimum absolute atomic E-state index is 0.464. The minimum atomic E-state index is -0.508. The number of carbonyl (C=O) groups excluding carboxylic acids is 1. The lowest BCUT2D eigenvalue weighted by Crippen LogP contribution is -2.27. The van der Waals surface area contributed by atoms with Gasteiger partial charge in [-0.3, -0.25) is 5.32 Å². The van der Waals surface area contributed by atoms with Crippen LogP contribution in [-0.4, -0.2) is 11.7 Å². The van der Waals surface area contributed by atoms with E-state index >= 15 is 0 Å². The summed E-state index contributed by atoms with van der Waals surface area (Å²) in [5.41, 5.74) is 8.49. The fourth-order valence-electron chi connectivity index (χ4n) is 1.46. The van der Waals surface area contributed by atoms with Gasteiger partial charge in [-0.1, -0.05) is 6.07 Å². The van der Waals surface area contributed by atoms with Crippen LogP contribution < -0.4 is 11.1 Å². The lowest BCUT2D eigenvalue weighted by molar-refractivity contribution is 0.0635. The summed E-state index contributed by atoms with van der Waals surface area (Å²) in [6, 6.07) is 3.69. The molecule has 4 nitrogen and oxygen atoms in total. The number of anilines is 2. The fraction of sp³-hybridized carbons (Fsp3) is 0.462. The van der Waals surface area contributed by atoms with Gasteiger partial charge >= 0.3 is 6.09 Å². The molecular weight excluding hydrogens is 216 g/mol. The maximum atomic E-state index is 11.7. The molecule has 1 amide bonds. The van der Waals surface area contributed by atoms with E-state index in [1.807, 2.05) is 46.8 Å². The molecule has 94 valence electrons. The predicted octanol–water partition coefficient (Wildman–Crippen LogP) is 3.23. The highest BCUT2D eigenvalue weighted by Gasteiger charge is 2.17. The van der Waals surface area contributed by atoms with E-state index in [2.05, 4.69) is 5.32 Å². The average molecular weight is 236 g/mol. The van der Waals surface area contributed by atoms with Crippen LogP contribution >= 0.6 is 0 Å². The number of nitrogens with one attached hydrogen (secondary N) is 1. The van der Waals surface area contributed by atoms with Gasteiger partial charge in [-0.2, -0.15) is 0 Å². The highest BCUT2D eigenvalue weighted by molar-refractivity contribution is 5.88. The number of nitrogens with two attached hydrogens (primary N) is 1. The van der Waals surface area contributed by atoms with Crippen LogP contribution in [0.5, 0.6) is 0 Å². The molecule has 1 aromatic rings. The van der Waals surface area contributed by atoms with E-state index in [1.165, 1.54) is 0 Å². The highest BCUT2D eigenvalue weighted by atomic mass is 16.6. The highest BCUT2D eigenvalue weighted by Crippen LogP contribution is 2.25. The first-order chi connectivity index (χ1) is 7.70. The van der Waals surface area contributed by atoms with Gasteiger partial charge in [0.1, 0.15) is 5.60 Å². The normalized spacial score (nSPS) is 11.1. The molecule has 1 aromatic carbocycles. The largest absolute Gasteiger partial charge is 0.444 e. The third-order valence-electron chi connectivity index (χ3n) is 2.34. The van der Waals surface area contributed by atoms with E-state index in [0.717, 1.165) is 16.8 Å². The van der Waals surface area contributed by atoms with Crippen LogP contribution in [0.4, 0.5) is 16.2 Å². The fourth-order valence-corrected chi connectivity index (χ4v) is 1.46. The lowest BCUT2D eigenvalue weighted by Gasteiger charge is -2.21. The van der Waals surface area contributed by atoms with Gasteiger partial charge in [-0.05, 0) is 51.8 Å². The van der Waals surface area contributed by atoms with Gasteiger partial charge in [0.15, 0.2) is 0 Å². The van der Waals surface area contributed by atoms with E-state index in [4.69, 9.17) is 10.5 Å². The lowest BCUT2D eigenvalue weighted by atomic mass is 10.1. The molecule has 0 aliphatic rings. The molecule has 0 bridgehead atoms. The molecule has 1 rings (SSSR count). The molecule has 0 saturated heterocycles. The molecule has 0 unspecified atom stereocenters. The molecule has 0 spiro atoms. The number of nitrogen functional groups attached to an aromatic ring is 1. The van der Waals surface area contributed by atoms with Crippen molar-refractivity contribution in [1.29, 1.82) is 0 Å². The summed E-state index contributed by atoms with van der Waals surface area (Å²) < 4.78 is 5.20. The summed E-state index contributed by atoms with van der Waals surface area (Å²) >= 11 is 0. The quantitative estimate of drug-likeness (QED) is 0.736. The molecule has 3 N–H and O–H groups in total. The van der Waals surface area contributed by atoms with Gasteiger partial charge in [0.25, 0.3) is 0 Å². The topological polar surface area (TPSA) is 64.3 Å². The van der Waals surface area contributed by atoms with Crippen LogP contribution in [0.2, 0.25) is 0 Å². The number of hydrogen-bond acceptors (Lipinski definition) is 3. The van der Waals surface area contributed by atoms with Crippen LogP contribution in [0.3, 0.4) is 0 Å². The molecule has 4 heteroatoms. The molecule has 0 saturated carbocycles. The summed E-state index contributed by atoms with van der Waals surface area (Å²) in [6.45, 7) is 9.26. The van der Waals surface area contributed by atoms with E-state index in [1.54, 1.807) is 0 Å². The first kappa shape index (κ1) is 13.4. The maximum absolute atomic E-state index is 11.7. The zero-order valence-corrected chi connectivity index (χ0v) is 11.0. The maximum Gasteiger partial charge on any atom is 0.412 e. The molecule has 0 heterocycles. The Kier molecular flexibility index (Phi) is 3.66. The van der Waals surface area contributed by atoms with Crippen molar-refractivity contribution in [2.24, 2.45) is 0 Å². The van der Waals surface area contributed by atoms with Gasteiger partial charge in [-0.25, -0.2) is 4.79 Å². The van der Waals surface area contributed by atoms with E-state index in [-0.39, 0.29) is 0 Å². The van der Waals surface area contributed by atoms with Crippen LogP contribution in [0.15, 0.2) is 12.1 Å². The standard InChI is InChI=1S/C13H20N2O2/c1-8-6-7-10(14)9(2)11(8)15-12(16)17-13(3,4)5/h6-7H,14H2,1-5H3,(H,15,16). The molecule has 17 heavy (non-hydrogen) atoms. The first-order valence-corrected chi connectivity index (χ1v) is 5.56. The molecule has 0 aromatic heterocycles. The van der Waals surface area contributed by atoms with Crippen LogP contribution in [0.1, 0.15) is 31.9 Å². The van der Waals surface area contributed by atoms with Gasteiger partial charge in [0.2, 0.25) is 0 Å². The Morgan fingerprint density at radius 3 is 2.41 bits per heavy atom. The third kappa shape index (κ3) is 3.66. The van der Waals surface area contributed by atoms with Gasteiger partial charge < -0.3 is 10.5 Å². The van der Waals surface area contributed by atoms with E-state index in [0.29, 0.717) is 5.69 Å². The predicted molar refractivity (Wildman–Crippen MR) is 70.2 cm³/mol. The van der Waals surface area contributed by atoms with Crippen molar-refractivity contribution in [3.63, 3.8) is 0 Å². The van der Waals surface area contributed by atoms with Crippen molar-refractivity contribution >= 4 is 17.5 Å². The van der Waals surface area contributed by atoms with Crippen molar-refractivity contribution in [2.45, 2.75) is 40.2 Å². The second-order valence-corrected chi connectivity index (χ2v) is 5.10. The SMILES string of the molecule is Cc1ccc(N)c(C)c1NC(=O)OC(C)(C)C. The number of benzene rings is 1. The van der Waals surface area contributed by atoms with Crippen LogP contribution in [0.25, 0.3) is 0 Å². The van der Waals surface area contributed by atoms with Gasteiger partial charge in [0.05, 0.1) is 5.69 Å². The molecular formula is C13H20N2O2. The van der Waals surface area contributed by atoms with Crippen molar-refractivity contribution in [3.8, 4) is 0 Å². The van der Waals surface area contributed by atoms with E-state index < -0.39 is 11.7 Å². The molecule has 0 aliphatic carbocycles. The van der Waals surface area contributed by atoms with Crippen LogP contribution in [-0.2, 0) is 4.74 Å². The Balaban J connectivity index is 2.89. The van der Waals surface area contributed by atoms with Crippen molar-refractivity contribution < 1.29 is 9.53 Å². The number of rotatable bonds is 1. The zero-order chi connectivity index (χ0) is 13.2. The van der Waals surface area contributed by atoms with Gasteiger partial charge in [-0.15, -0.1) is 0 Å². The number of carbonyl (C=O) groups is 1. The average Bonchev–Trinajstić information content (AvgIpc) is 2.16. The summed E-state index contributed by atoms with van der Waals surface area (Å²) in [5.74, 6) is 0.